The summed E-state index contributed by atoms with van der Waals surface area (Å²) < 4.78 is 52.7. The second-order valence-corrected chi connectivity index (χ2v) is 7.28. The predicted octanol–water partition coefficient (Wildman–Crippen LogP) is 4.02. The molecule has 5 nitrogen and oxygen atoms in total. The number of carbonyl (C=O) groups excluding carboxylic acids is 1. The fourth-order valence-corrected chi connectivity index (χ4v) is 3.31. The third-order valence-electron chi connectivity index (χ3n) is 3.63. The van der Waals surface area contributed by atoms with Crippen LogP contribution >= 0.6 is 0 Å². The molecule has 1 amide bonds. The number of rotatable bonds is 5. The van der Waals surface area contributed by atoms with Gasteiger partial charge >= 0.3 is 0 Å². The standard InChI is InChI=1S/C19H14F2N2O3S/c20-14-3-1-13(2-4-14)19(24)22-16-7-9-17(10-8-16)23-27(25,26)18-11-5-15(21)6-12-18/h1-12,23H,(H,22,24). The zero-order valence-corrected chi connectivity index (χ0v) is 14.6. The summed E-state index contributed by atoms with van der Waals surface area (Å²) in [6, 6.07) is 15.5. The van der Waals surface area contributed by atoms with E-state index in [1.165, 1.54) is 48.5 Å². The molecule has 0 aromatic heterocycles. The number of hydrogen-bond donors (Lipinski definition) is 2. The third kappa shape index (κ3) is 4.68. The summed E-state index contributed by atoms with van der Waals surface area (Å²) in [5.41, 5.74) is 1.01. The average molecular weight is 388 g/mol. The lowest BCUT2D eigenvalue weighted by Gasteiger charge is -2.10. The Kier molecular flexibility index (Phi) is 5.18. The Hall–Kier alpha value is -3.26. The van der Waals surface area contributed by atoms with Crippen molar-refractivity contribution in [2.45, 2.75) is 4.90 Å². The van der Waals surface area contributed by atoms with Crippen molar-refractivity contribution in [2.75, 3.05) is 10.0 Å². The lowest BCUT2D eigenvalue weighted by Crippen LogP contribution is -2.14. The second-order valence-electron chi connectivity index (χ2n) is 5.60. The van der Waals surface area contributed by atoms with Crippen molar-refractivity contribution in [3.63, 3.8) is 0 Å². The molecule has 0 saturated heterocycles. The minimum Gasteiger partial charge on any atom is -0.322 e. The molecular weight excluding hydrogens is 374 g/mol. The van der Waals surface area contributed by atoms with Gasteiger partial charge in [0.25, 0.3) is 15.9 Å². The molecule has 3 aromatic rings. The maximum Gasteiger partial charge on any atom is 0.261 e. The average Bonchev–Trinajstić information content (AvgIpc) is 2.64. The highest BCUT2D eigenvalue weighted by Gasteiger charge is 2.14. The van der Waals surface area contributed by atoms with Crippen molar-refractivity contribution in [3.8, 4) is 0 Å². The van der Waals surface area contributed by atoms with Gasteiger partial charge in [0.2, 0.25) is 0 Å². The molecule has 0 atom stereocenters. The second kappa shape index (κ2) is 7.55. The molecule has 27 heavy (non-hydrogen) atoms. The van der Waals surface area contributed by atoms with Gasteiger partial charge in [-0.2, -0.15) is 0 Å². The van der Waals surface area contributed by atoms with Crippen LogP contribution in [0.15, 0.2) is 77.7 Å². The molecule has 0 radical (unpaired) electrons. The molecule has 0 heterocycles. The van der Waals surface area contributed by atoms with E-state index in [2.05, 4.69) is 10.0 Å². The zero-order valence-electron chi connectivity index (χ0n) is 13.8. The Bertz CT molecular complexity index is 1050. The van der Waals surface area contributed by atoms with Crippen LogP contribution in [0.5, 0.6) is 0 Å². The van der Waals surface area contributed by atoms with E-state index in [1.54, 1.807) is 0 Å². The van der Waals surface area contributed by atoms with Gasteiger partial charge in [-0.3, -0.25) is 9.52 Å². The van der Waals surface area contributed by atoms with E-state index in [-0.39, 0.29) is 16.1 Å². The molecule has 0 spiro atoms. The maximum absolute atomic E-state index is 12.9. The molecule has 0 aliphatic rings. The smallest absolute Gasteiger partial charge is 0.261 e. The van der Waals surface area contributed by atoms with Gasteiger partial charge in [-0.15, -0.1) is 0 Å². The molecule has 3 rings (SSSR count). The van der Waals surface area contributed by atoms with Gasteiger partial charge in [-0.05, 0) is 72.8 Å². The Morgan fingerprint density at radius 3 is 1.74 bits per heavy atom. The molecule has 0 saturated carbocycles. The van der Waals surface area contributed by atoms with Gasteiger partial charge in [-0.25, -0.2) is 17.2 Å². The predicted molar refractivity (Wildman–Crippen MR) is 98.0 cm³/mol. The quantitative estimate of drug-likeness (QED) is 0.693. The van der Waals surface area contributed by atoms with Crippen LogP contribution < -0.4 is 10.0 Å². The van der Waals surface area contributed by atoms with E-state index >= 15 is 0 Å². The number of nitrogens with one attached hydrogen (secondary N) is 2. The molecule has 0 bridgehead atoms. The minimum absolute atomic E-state index is 0.0717. The molecule has 0 fully saturated rings. The minimum atomic E-state index is -3.85. The van der Waals surface area contributed by atoms with Crippen molar-refractivity contribution in [3.05, 3.63) is 90.0 Å². The summed E-state index contributed by atoms with van der Waals surface area (Å²) in [5.74, 6) is -1.39. The maximum atomic E-state index is 12.9. The molecule has 0 unspecified atom stereocenters. The van der Waals surface area contributed by atoms with Gasteiger partial charge in [0.05, 0.1) is 4.90 Å². The number of amides is 1. The fraction of sp³-hybridized carbons (Fsp3) is 0. The molecule has 2 N–H and O–H groups in total. The topological polar surface area (TPSA) is 75.3 Å². The van der Waals surface area contributed by atoms with Gasteiger partial charge in [0, 0.05) is 16.9 Å². The van der Waals surface area contributed by atoms with Crippen molar-refractivity contribution < 1.29 is 22.0 Å². The van der Waals surface area contributed by atoms with Crippen LogP contribution in [-0.2, 0) is 10.0 Å². The number of anilines is 2. The van der Waals surface area contributed by atoms with Gasteiger partial charge in [0.15, 0.2) is 0 Å². The summed E-state index contributed by atoms with van der Waals surface area (Å²) in [7, 11) is -3.85. The Labute approximate surface area is 154 Å². The first kappa shape index (κ1) is 18.5. The normalized spacial score (nSPS) is 11.0. The van der Waals surface area contributed by atoms with Crippen LogP contribution in [-0.4, -0.2) is 14.3 Å². The van der Waals surface area contributed by atoms with E-state index in [9.17, 15) is 22.0 Å². The summed E-state index contributed by atoms with van der Waals surface area (Å²) in [5, 5.41) is 2.63. The lowest BCUT2D eigenvalue weighted by molar-refractivity contribution is 0.102. The highest BCUT2D eigenvalue weighted by molar-refractivity contribution is 7.92. The monoisotopic (exact) mass is 388 g/mol. The van der Waals surface area contributed by atoms with Crippen LogP contribution in [0.4, 0.5) is 20.2 Å². The number of benzene rings is 3. The third-order valence-corrected chi connectivity index (χ3v) is 5.02. The van der Waals surface area contributed by atoms with E-state index < -0.39 is 27.6 Å². The Morgan fingerprint density at radius 1 is 0.704 bits per heavy atom. The van der Waals surface area contributed by atoms with Crippen LogP contribution in [0, 0.1) is 11.6 Å². The lowest BCUT2D eigenvalue weighted by atomic mass is 10.2. The Balaban J connectivity index is 1.69. The molecule has 0 aliphatic carbocycles. The molecule has 3 aromatic carbocycles. The molecule has 8 heteroatoms. The van der Waals surface area contributed by atoms with Crippen molar-refractivity contribution >= 4 is 27.3 Å². The SMILES string of the molecule is O=C(Nc1ccc(NS(=O)(=O)c2ccc(F)cc2)cc1)c1ccc(F)cc1. The zero-order chi connectivity index (χ0) is 19.4. The van der Waals surface area contributed by atoms with Gasteiger partial charge in [-0.1, -0.05) is 0 Å². The van der Waals surface area contributed by atoms with Crippen molar-refractivity contribution in [1.29, 1.82) is 0 Å². The van der Waals surface area contributed by atoms with Crippen LogP contribution in [0.25, 0.3) is 0 Å². The molecular formula is C19H14F2N2O3S. The fourth-order valence-electron chi connectivity index (χ4n) is 2.25. The summed E-state index contributed by atoms with van der Waals surface area (Å²) >= 11 is 0. The number of hydrogen-bond acceptors (Lipinski definition) is 3. The summed E-state index contributed by atoms with van der Waals surface area (Å²) in [6.45, 7) is 0. The van der Waals surface area contributed by atoms with Crippen molar-refractivity contribution in [2.24, 2.45) is 0 Å². The van der Waals surface area contributed by atoms with Crippen LogP contribution in [0.1, 0.15) is 10.4 Å². The highest BCUT2D eigenvalue weighted by atomic mass is 32.2. The van der Waals surface area contributed by atoms with Gasteiger partial charge in [0.1, 0.15) is 11.6 Å². The first-order chi connectivity index (χ1) is 12.8. The first-order valence-electron chi connectivity index (χ1n) is 7.79. The molecule has 0 aliphatic heterocycles. The van der Waals surface area contributed by atoms with E-state index in [0.29, 0.717) is 5.69 Å². The molecule has 138 valence electrons. The Morgan fingerprint density at radius 2 is 1.19 bits per heavy atom. The van der Waals surface area contributed by atoms with Crippen LogP contribution in [0.3, 0.4) is 0 Å². The summed E-state index contributed by atoms with van der Waals surface area (Å²) in [4.78, 5) is 12.0. The largest absolute Gasteiger partial charge is 0.322 e. The number of halogens is 2. The van der Waals surface area contributed by atoms with E-state index in [0.717, 1.165) is 24.3 Å². The van der Waals surface area contributed by atoms with Crippen molar-refractivity contribution in [1.82, 2.24) is 0 Å². The van der Waals surface area contributed by atoms with Gasteiger partial charge < -0.3 is 5.32 Å². The highest BCUT2D eigenvalue weighted by Crippen LogP contribution is 2.19. The summed E-state index contributed by atoms with van der Waals surface area (Å²) in [6.07, 6.45) is 0. The number of sulfonamides is 1. The van der Waals surface area contributed by atoms with Crippen LogP contribution in [0.2, 0.25) is 0 Å². The van der Waals surface area contributed by atoms with E-state index in [4.69, 9.17) is 0 Å². The van der Waals surface area contributed by atoms with E-state index in [1.807, 2.05) is 0 Å². The first-order valence-corrected chi connectivity index (χ1v) is 9.27. The number of carbonyl (C=O) groups is 1.